The lowest BCUT2D eigenvalue weighted by Crippen LogP contribution is -3.15. The first-order valence-corrected chi connectivity index (χ1v) is 8.46. The second kappa shape index (κ2) is 7.94. The average Bonchev–Trinajstić information content (AvgIpc) is 2.63. The molecule has 0 unspecified atom stereocenters. The minimum absolute atomic E-state index is 0.00307. The predicted octanol–water partition coefficient (Wildman–Crippen LogP) is 0.137. The van der Waals surface area contributed by atoms with Crippen molar-refractivity contribution in [3.05, 3.63) is 42.2 Å². The zero-order valence-corrected chi connectivity index (χ0v) is 14.7. The van der Waals surface area contributed by atoms with Crippen molar-refractivity contribution in [3.63, 3.8) is 0 Å². The van der Waals surface area contributed by atoms with E-state index in [1.54, 1.807) is 19.5 Å². The molecule has 25 heavy (non-hydrogen) atoms. The molecule has 1 aromatic heterocycles. The van der Waals surface area contributed by atoms with Gasteiger partial charge in [-0.15, -0.1) is 0 Å². The molecule has 7 nitrogen and oxygen atoms in total. The first-order chi connectivity index (χ1) is 12.2. The normalized spacial score (nSPS) is 15.0. The van der Waals surface area contributed by atoms with Crippen LogP contribution in [-0.4, -0.2) is 55.7 Å². The van der Waals surface area contributed by atoms with Gasteiger partial charge in [-0.05, 0) is 30.7 Å². The molecule has 1 saturated heterocycles. The molecule has 0 spiro atoms. The topological polar surface area (TPSA) is 71.8 Å². The number of aromatic nitrogens is 2. The number of anilines is 2. The zero-order chi connectivity index (χ0) is 17.6. The van der Waals surface area contributed by atoms with Gasteiger partial charge in [-0.1, -0.05) is 6.07 Å². The summed E-state index contributed by atoms with van der Waals surface area (Å²) in [6.07, 6.45) is 3.51. The summed E-state index contributed by atoms with van der Waals surface area (Å²) in [5.74, 6) is 1.44. The zero-order valence-electron chi connectivity index (χ0n) is 14.7. The van der Waals surface area contributed by atoms with Crippen molar-refractivity contribution in [1.82, 2.24) is 9.97 Å². The van der Waals surface area contributed by atoms with Crippen molar-refractivity contribution in [2.24, 2.45) is 0 Å². The van der Waals surface area contributed by atoms with Crippen molar-refractivity contribution in [2.75, 3.05) is 50.1 Å². The van der Waals surface area contributed by atoms with Gasteiger partial charge in [0.05, 0.1) is 39.0 Å². The van der Waals surface area contributed by atoms with E-state index in [2.05, 4.69) is 20.2 Å². The van der Waals surface area contributed by atoms with Crippen LogP contribution in [0.25, 0.3) is 0 Å². The third-order valence-corrected chi connectivity index (χ3v) is 4.35. The number of rotatable bonds is 5. The fraction of sp³-hybridized carbons (Fsp3) is 0.389. The number of carbonyl (C=O) groups excluding carboxylic acids is 1. The van der Waals surface area contributed by atoms with Gasteiger partial charge >= 0.3 is 0 Å². The summed E-state index contributed by atoms with van der Waals surface area (Å²) in [6.45, 7) is 5.90. The molecular weight excluding hydrogens is 318 g/mol. The first kappa shape index (κ1) is 17.2. The van der Waals surface area contributed by atoms with E-state index in [9.17, 15) is 4.79 Å². The van der Waals surface area contributed by atoms with Gasteiger partial charge in [-0.25, -0.2) is 9.97 Å². The summed E-state index contributed by atoms with van der Waals surface area (Å²) in [5.41, 5.74) is 1.81. The molecular formula is C18H24N5O2+. The standard InChI is InChI=1S/C18H23N5O2/c1-14-4-5-16(25-2)15(12-14)21-17(24)13-22-8-10-23(11-9-22)18-19-6-3-7-20-18/h3-7,12H,8-11,13H2,1-2H3,(H,21,24)/p+1. The van der Waals surface area contributed by atoms with Crippen molar-refractivity contribution in [2.45, 2.75) is 6.92 Å². The molecule has 0 radical (unpaired) electrons. The summed E-state index contributed by atoms with van der Waals surface area (Å²) < 4.78 is 5.31. The van der Waals surface area contributed by atoms with Crippen LogP contribution in [-0.2, 0) is 4.79 Å². The highest BCUT2D eigenvalue weighted by atomic mass is 16.5. The number of nitrogens with zero attached hydrogens (tertiary/aromatic N) is 3. The van der Waals surface area contributed by atoms with Gasteiger partial charge in [-0.3, -0.25) is 4.79 Å². The number of methoxy groups -OCH3 is 1. The highest BCUT2D eigenvalue weighted by molar-refractivity contribution is 5.93. The molecule has 1 amide bonds. The second-order valence-electron chi connectivity index (χ2n) is 6.21. The van der Waals surface area contributed by atoms with Gasteiger partial charge in [-0.2, -0.15) is 0 Å². The largest absolute Gasteiger partial charge is 0.495 e. The van der Waals surface area contributed by atoms with Crippen LogP contribution in [0.15, 0.2) is 36.7 Å². The number of quaternary nitrogens is 1. The van der Waals surface area contributed by atoms with Crippen LogP contribution in [0.3, 0.4) is 0 Å². The molecule has 1 fully saturated rings. The first-order valence-electron chi connectivity index (χ1n) is 8.46. The van der Waals surface area contributed by atoms with Crippen LogP contribution in [0.5, 0.6) is 5.75 Å². The molecule has 0 aliphatic carbocycles. The van der Waals surface area contributed by atoms with Crippen LogP contribution < -0.4 is 19.9 Å². The Morgan fingerprint density at radius 3 is 2.68 bits per heavy atom. The molecule has 1 aliphatic heterocycles. The number of hydrogen-bond donors (Lipinski definition) is 2. The van der Waals surface area contributed by atoms with E-state index in [1.807, 2.05) is 31.2 Å². The quantitative estimate of drug-likeness (QED) is 0.809. The highest BCUT2D eigenvalue weighted by Gasteiger charge is 2.23. The van der Waals surface area contributed by atoms with Crippen LogP contribution in [0.2, 0.25) is 0 Å². The maximum Gasteiger partial charge on any atom is 0.279 e. The van der Waals surface area contributed by atoms with Gasteiger partial charge in [0.15, 0.2) is 6.54 Å². The van der Waals surface area contributed by atoms with E-state index in [0.29, 0.717) is 12.3 Å². The number of carbonyl (C=O) groups is 1. The summed E-state index contributed by atoms with van der Waals surface area (Å²) in [6, 6.07) is 7.58. The number of aryl methyl sites for hydroxylation is 1. The molecule has 7 heteroatoms. The van der Waals surface area contributed by atoms with Crippen LogP contribution in [0.4, 0.5) is 11.6 Å². The fourth-order valence-corrected chi connectivity index (χ4v) is 3.00. The van der Waals surface area contributed by atoms with Gasteiger partial charge in [0.2, 0.25) is 5.95 Å². The summed E-state index contributed by atoms with van der Waals surface area (Å²) in [5, 5.41) is 2.97. The lowest BCUT2D eigenvalue weighted by Gasteiger charge is -2.31. The third kappa shape index (κ3) is 4.45. The van der Waals surface area contributed by atoms with Crippen molar-refractivity contribution >= 4 is 17.5 Å². The number of hydrogen-bond acceptors (Lipinski definition) is 5. The van der Waals surface area contributed by atoms with Crippen molar-refractivity contribution < 1.29 is 14.4 Å². The average molecular weight is 342 g/mol. The molecule has 3 rings (SSSR count). The molecule has 2 heterocycles. The Labute approximate surface area is 147 Å². The number of piperazine rings is 1. The molecule has 1 aromatic carbocycles. The molecule has 0 atom stereocenters. The van der Waals surface area contributed by atoms with Crippen molar-refractivity contribution in [3.8, 4) is 5.75 Å². The van der Waals surface area contributed by atoms with Crippen LogP contribution in [0.1, 0.15) is 5.56 Å². The Balaban J connectivity index is 1.52. The number of amides is 1. The molecule has 1 aliphatic rings. The smallest absolute Gasteiger partial charge is 0.279 e. The monoisotopic (exact) mass is 342 g/mol. The molecule has 0 saturated carbocycles. The second-order valence-corrected chi connectivity index (χ2v) is 6.21. The third-order valence-electron chi connectivity index (χ3n) is 4.35. The van der Waals surface area contributed by atoms with Crippen molar-refractivity contribution in [1.29, 1.82) is 0 Å². The van der Waals surface area contributed by atoms with Crippen LogP contribution >= 0.6 is 0 Å². The Kier molecular flexibility index (Phi) is 5.45. The number of benzene rings is 1. The summed E-state index contributed by atoms with van der Waals surface area (Å²) >= 11 is 0. The maximum atomic E-state index is 12.4. The summed E-state index contributed by atoms with van der Waals surface area (Å²) in [4.78, 5) is 24.4. The maximum absolute atomic E-state index is 12.4. The Morgan fingerprint density at radius 1 is 1.28 bits per heavy atom. The minimum Gasteiger partial charge on any atom is -0.495 e. The van der Waals surface area contributed by atoms with Gasteiger partial charge in [0.1, 0.15) is 5.75 Å². The Bertz CT molecular complexity index is 715. The van der Waals surface area contributed by atoms with E-state index in [-0.39, 0.29) is 5.91 Å². The lowest BCUT2D eigenvalue weighted by molar-refractivity contribution is -0.892. The molecule has 132 valence electrons. The SMILES string of the molecule is COc1ccc(C)cc1NC(=O)C[NH+]1CCN(c2ncccn2)CC1. The summed E-state index contributed by atoms with van der Waals surface area (Å²) in [7, 11) is 1.61. The van der Waals surface area contributed by atoms with Gasteiger partial charge < -0.3 is 19.9 Å². The van der Waals surface area contributed by atoms with Gasteiger partial charge in [0.25, 0.3) is 5.91 Å². The van der Waals surface area contributed by atoms with E-state index in [1.165, 1.54) is 4.90 Å². The molecule has 2 aromatic rings. The predicted molar refractivity (Wildman–Crippen MR) is 96.2 cm³/mol. The fourth-order valence-electron chi connectivity index (χ4n) is 3.00. The Morgan fingerprint density at radius 2 is 2.00 bits per heavy atom. The van der Waals surface area contributed by atoms with E-state index < -0.39 is 0 Å². The van der Waals surface area contributed by atoms with Crippen LogP contribution in [0, 0.1) is 6.92 Å². The van der Waals surface area contributed by atoms with E-state index in [0.717, 1.165) is 43.4 Å². The number of ether oxygens (including phenoxy) is 1. The molecule has 2 N–H and O–H groups in total. The van der Waals surface area contributed by atoms with E-state index >= 15 is 0 Å². The minimum atomic E-state index is 0.00307. The highest BCUT2D eigenvalue weighted by Crippen LogP contribution is 2.24. The van der Waals surface area contributed by atoms with E-state index in [4.69, 9.17) is 4.74 Å². The number of nitrogens with one attached hydrogen (secondary N) is 2. The lowest BCUT2D eigenvalue weighted by atomic mass is 10.2. The molecule has 0 bridgehead atoms. The van der Waals surface area contributed by atoms with Gasteiger partial charge in [0, 0.05) is 12.4 Å². The Hall–Kier alpha value is -2.67.